The Labute approximate surface area is 104 Å². The van der Waals surface area contributed by atoms with Gasteiger partial charge in [0.25, 0.3) is 0 Å². The van der Waals surface area contributed by atoms with E-state index in [1.165, 1.54) is 19.3 Å². The third-order valence-corrected chi connectivity index (χ3v) is 3.60. The maximum atomic E-state index is 11.9. The van der Waals surface area contributed by atoms with E-state index in [9.17, 15) is 4.79 Å². The SMILES string of the molecule is CCCCC(CC)CNC(=O)C1(N)CCOC1. The van der Waals surface area contributed by atoms with E-state index in [1.54, 1.807) is 0 Å². The van der Waals surface area contributed by atoms with Crippen LogP contribution < -0.4 is 11.1 Å². The zero-order valence-electron chi connectivity index (χ0n) is 11.1. The van der Waals surface area contributed by atoms with Gasteiger partial charge in [-0.3, -0.25) is 4.79 Å². The van der Waals surface area contributed by atoms with Gasteiger partial charge in [0.2, 0.25) is 5.91 Å². The van der Waals surface area contributed by atoms with Crippen LogP contribution in [0.4, 0.5) is 0 Å². The molecule has 1 saturated heterocycles. The third-order valence-electron chi connectivity index (χ3n) is 3.60. The zero-order chi connectivity index (χ0) is 12.7. The molecule has 0 bridgehead atoms. The first-order valence-corrected chi connectivity index (χ1v) is 6.77. The molecule has 1 aliphatic rings. The Hall–Kier alpha value is -0.610. The van der Waals surface area contributed by atoms with Gasteiger partial charge in [-0.25, -0.2) is 0 Å². The molecule has 2 unspecified atom stereocenters. The normalized spacial score (nSPS) is 25.8. The molecule has 4 heteroatoms. The molecular formula is C13H26N2O2. The summed E-state index contributed by atoms with van der Waals surface area (Å²) < 4.78 is 5.19. The minimum absolute atomic E-state index is 0.0510. The quantitative estimate of drug-likeness (QED) is 0.710. The maximum absolute atomic E-state index is 11.9. The van der Waals surface area contributed by atoms with Crippen LogP contribution in [0.1, 0.15) is 46.0 Å². The molecule has 0 spiro atoms. The lowest BCUT2D eigenvalue weighted by Gasteiger charge is -2.23. The predicted molar refractivity (Wildman–Crippen MR) is 68.7 cm³/mol. The zero-order valence-corrected chi connectivity index (χ0v) is 11.1. The van der Waals surface area contributed by atoms with Gasteiger partial charge in [-0.15, -0.1) is 0 Å². The first-order chi connectivity index (χ1) is 8.12. The molecule has 0 aromatic rings. The fourth-order valence-electron chi connectivity index (χ4n) is 2.12. The summed E-state index contributed by atoms with van der Waals surface area (Å²) in [6.45, 7) is 6.05. The summed E-state index contributed by atoms with van der Waals surface area (Å²) in [7, 11) is 0. The molecule has 1 aliphatic heterocycles. The number of hydrogen-bond acceptors (Lipinski definition) is 3. The van der Waals surface area contributed by atoms with Gasteiger partial charge < -0.3 is 15.8 Å². The van der Waals surface area contributed by atoms with Crippen LogP contribution in [0.25, 0.3) is 0 Å². The van der Waals surface area contributed by atoms with Crippen LogP contribution in [0.5, 0.6) is 0 Å². The maximum Gasteiger partial charge on any atom is 0.242 e. The van der Waals surface area contributed by atoms with Crippen molar-refractivity contribution in [1.82, 2.24) is 5.32 Å². The van der Waals surface area contributed by atoms with Gasteiger partial charge in [-0.2, -0.15) is 0 Å². The van der Waals surface area contributed by atoms with Crippen LogP contribution in [-0.2, 0) is 9.53 Å². The topological polar surface area (TPSA) is 64.4 Å². The minimum atomic E-state index is -0.789. The van der Waals surface area contributed by atoms with E-state index in [4.69, 9.17) is 10.5 Å². The lowest BCUT2D eigenvalue weighted by molar-refractivity contribution is -0.126. The van der Waals surface area contributed by atoms with Crippen molar-refractivity contribution in [1.29, 1.82) is 0 Å². The highest BCUT2D eigenvalue weighted by atomic mass is 16.5. The number of carbonyl (C=O) groups is 1. The second-order valence-electron chi connectivity index (χ2n) is 5.09. The number of carbonyl (C=O) groups excluding carboxylic acids is 1. The van der Waals surface area contributed by atoms with Crippen molar-refractivity contribution in [3.05, 3.63) is 0 Å². The second kappa shape index (κ2) is 6.97. The molecule has 1 fully saturated rings. The highest BCUT2D eigenvalue weighted by molar-refractivity contribution is 5.86. The van der Waals surface area contributed by atoms with Crippen molar-refractivity contribution < 1.29 is 9.53 Å². The van der Waals surface area contributed by atoms with Crippen molar-refractivity contribution >= 4 is 5.91 Å². The van der Waals surface area contributed by atoms with Gasteiger partial charge in [0.1, 0.15) is 5.54 Å². The Morgan fingerprint density at radius 1 is 1.53 bits per heavy atom. The molecule has 100 valence electrons. The smallest absolute Gasteiger partial charge is 0.242 e. The number of hydrogen-bond donors (Lipinski definition) is 2. The molecule has 1 heterocycles. The van der Waals surface area contributed by atoms with Crippen molar-refractivity contribution in [2.24, 2.45) is 11.7 Å². The van der Waals surface area contributed by atoms with Crippen molar-refractivity contribution in [2.45, 2.75) is 51.5 Å². The van der Waals surface area contributed by atoms with E-state index in [-0.39, 0.29) is 5.91 Å². The molecule has 0 aliphatic carbocycles. The average molecular weight is 242 g/mol. The first-order valence-electron chi connectivity index (χ1n) is 6.77. The lowest BCUT2D eigenvalue weighted by atomic mass is 9.96. The van der Waals surface area contributed by atoms with E-state index in [1.807, 2.05) is 0 Å². The van der Waals surface area contributed by atoms with Gasteiger partial charge in [0, 0.05) is 13.2 Å². The molecule has 0 aromatic carbocycles. The summed E-state index contributed by atoms with van der Waals surface area (Å²) in [5, 5.41) is 2.98. The van der Waals surface area contributed by atoms with Crippen LogP contribution in [0.2, 0.25) is 0 Å². The molecule has 0 aromatic heterocycles. The lowest BCUT2D eigenvalue weighted by Crippen LogP contribution is -2.55. The Bertz CT molecular complexity index is 238. The Morgan fingerprint density at radius 2 is 2.29 bits per heavy atom. The summed E-state index contributed by atoms with van der Waals surface area (Å²) in [4.78, 5) is 11.9. The van der Waals surface area contributed by atoms with E-state index >= 15 is 0 Å². The number of ether oxygens (including phenoxy) is 1. The predicted octanol–water partition coefficient (Wildman–Crippen LogP) is 1.44. The molecule has 1 rings (SSSR count). The van der Waals surface area contributed by atoms with Gasteiger partial charge in [0.15, 0.2) is 0 Å². The summed E-state index contributed by atoms with van der Waals surface area (Å²) >= 11 is 0. The summed E-state index contributed by atoms with van der Waals surface area (Å²) in [5.74, 6) is 0.523. The molecule has 0 saturated carbocycles. The third kappa shape index (κ3) is 4.28. The van der Waals surface area contributed by atoms with Gasteiger partial charge >= 0.3 is 0 Å². The highest BCUT2D eigenvalue weighted by Crippen LogP contribution is 2.16. The average Bonchev–Trinajstić information content (AvgIpc) is 2.77. The van der Waals surface area contributed by atoms with E-state index in [0.29, 0.717) is 25.6 Å². The monoisotopic (exact) mass is 242 g/mol. The van der Waals surface area contributed by atoms with Crippen molar-refractivity contribution in [2.75, 3.05) is 19.8 Å². The van der Waals surface area contributed by atoms with Crippen LogP contribution >= 0.6 is 0 Å². The first kappa shape index (κ1) is 14.5. The highest BCUT2D eigenvalue weighted by Gasteiger charge is 2.38. The Balaban J connectivity index is 2.30. The molecule has 4 nitrogen and oxygen atoms in total. The van der Waals surface area contributed by atoms with Gasteiger partial charge in [-0.05, 0) is 18.8 Å². The largest absolute Gasteiger partial charge is 0.379 e. The summed E-state index contributed by atoms with van der Waals surface area (Å²) in [6, 6.07) is 0. The van der Waals surface area contributed by atoms with Crippen molar-refractivity contribution in [3.63, 3.8) is 0 Å². The Morgan fingerprint density at radius 3 is 2.82 bits per heavy atom. The fourth-order valence-corrected chi connectivity index (χ4v) is 2.12. The number of rotatable bonds is 7. The standard InChI is InChI=1S/C13H26N2O2/c1-3-5-6-11(4-2)9-15-12(16)13(14)7-8-17-10-13/h11H,3-10,14H2,1-2H3,(H,15,16). The molecule has 0 radical (unpaired) electrons. The number of nitrogens with two attached hydrogens (primary N) is 1. The van der Waals surface area contributed by atoms with Crippen molar-refractivity contribution in [3.8, 4) is 0 Å². The Kier molecular flexibility index (Phi) is 5.92. The van der Waals surface area contributed by atoms with Crippen LogP contribution in [0.3, 0.4) is 0 Å². The molecule has 17 heavy (non-hydrogen) atoms. The van der Waals surface area contributed by atoms with Crippen LogP contribution in [0, 0.1) is 5.92 Å². The molecule has 1 amide bonds. The molecule has 2 atom stereocenters. The molecule has 3 N–H and O–H groups in total. The van der Waals surface area contributed by atoms with E-state index in [0.717, 1.165) is 13.0 Å². The number of amides is 1. The van der Waals surface area contributed by atoms with Gasteiger partial charge in [0.05, 0.1) is 6.61 Å². The molecular weight excluding hydrogens is 216 g/mol. The second-order valence-corrected chi connectivity index (χ2v) is 5.09. The van der Waals surface area contributed by atoms with E-state index in [2.05, 4.69) is 19.2 Å². The number of unbranched alkanes of at least 4 members (excludes halogenated alkanes) is 1. The minimum Gasteiger partial charge on any atom is -0.379 e. The summed E-state index contributed by atoms with van der Waals surface area (Å²) in [6.07, 6.45) is 5.35. The van der Waals surface area contributed by atoms with E-state index < -0.39 is 5.54 Å². The number of nitrogens with one attached hydrogen (secondary N) is 1. The van der Waals surface area contributed by atoms with Gasteiger partial charge in [-0.1, -0.05) is 33.1 Å². The van der Waals surface area contributed by atoms with Crippen LogP contribution in [0.15, 0.2) is 0 Å². The fraction of sp³-hybridized carbons (Fsp3) is 0.923. The van der Waals surface area contributed by atoms with Crippen LogP contribution in [-0.4, -0.2) is 31.2 Å². The summed E-state index contributed by atoms with van der Waals surface area (Å²) in [5.41, 5.74) is 5.20.